The monoisotopic (exact) mass is 354 g/mol. The van der Waals surface area contributed by atoms with Crippen LogP contribution in [0.2, 0.25) is 0 Å². The van der Waals surface area contributed by atoms with E-state index in [1.165, 1.54) is 32.1 Å². The van der Waals surface area contributed by atoms with Crippen LogP contribution in [-0.2, 0) is 0 Å². The summed E-state index contributed by atoms with van der Waals surface area (Å²) in [6.45, 7) is 5.17. The second kappa shape index (κ2) is 6.25. The number of aryl methyl sites for hydroxylation is 1. The minimum Gasteiger partial charge on any atom is -0.369 e. The first kappa shape index (κ1) is 15.3. The SMILES string of the molecule is Cc1cc(Br)c(F)cc1N1CCCNC2(CCCCC2)C1. The van der Waals surface area contributed by atoms with Gasteiger partial charge in [-0.1, -0.05) is 19.3 Å². The lowest BCUT2D eigenvalue weighted by Gasteiger charge is -2.41. The average molecular weight is 355 g/mol. The summed E-state index contributed by atoms with van der Waals surface area (Å²) in [7, 11) is 0. The molecule has 0 atom stereocenters. The summed E-state index contributed by atoms with van der Waals surface area (Å²) in [6, 6.07) is 3.60. The van der Waals surface area contributed by atoms with Crippen LogP contribution in [-0.4, -0.2) is 25.2 Å². The van der Waals surface area contributed by atoms with Gasteiger partial charge in [-0.2, -0.15) is 0 Å². The molecule has 0 radical (unpaired) electrons. The minimum absolute atomic E-state index is 0.162. The van der Waals surface area contributed by atoms with E-state index >= 15 is 0 Å². The highest BCUT2D eigenvalue weighted by Crippen LogP contribution is 2.34. The van der Waals surface area contributed by atoms with Crippen LogP contribution in [0.15, 0.2) is 16.6 Å². The van der Waals surface area contributed by atoms with Crippen LogP contribution in [0.3, 0.4) is 0 Å². The summed E-state index contributed by atoms with van der Waals surface area (Å²) in [5.41, 5.74) is 2.45. The molecule has 1 aromatic carbocycles. The normalized spacial score (nSPS) is 22.3. The zero-order chi connectivity index (χ0) is 14.9. The van der Waals surface area contributed by atoms with Gasteiger partial charge < -0.3 is 10.2 Å². The Morgan fingerprint density at radius 3 is 2.71 bits per heavy atom. The fraction of sp³-hybridized carbons (Fsp3) is 0.647. The maximum absolute atomic E-state index is 14.0. The topological polar surface area (TPSA) is 15.3 Å². The number of nitrogens with one attached hydrogen (secondary N) is 1. The lowest BCUT2D eigenvalue weighted by Crippen LogP contribution is -2.52. The van der Waals surface area contributed by atoms with E-state index in [0.717, 1.165) is 37.3 Å². The van der Waals surface area contributed by atoms with Gasteiger partial charge in [0.25, 0.3) is 0 Å². The largest absolute Gasteiger partial charge is 0.369 e. The van der Waals surface area contributed by atoms with Crippen molar-refractivity contribution in [2.45, 2.75) is 51.0 Å². The van der Waals surface area contributed by atoms with Crippen LogP contribution in [0.1, 0.15) is 44.1 Å². The maximum atomic E-state index is 14.0. The Morgan fingerprint density at radius 1 is 1.19 bits per heavy atom. The van der Waals surface area contributed by atoms with E-state index in [-0.39, 0.29) is 11.4 Å². The summed E-state index contributed by atoms with van der Waals surface area (Å²) in [4.78, 5) is 2.40. The van der Waals surface area contributed by atoms with Crippen LogP contribution in [0, 0.1) is 12.7 Å². The average Bonchev–Trinajstić information content (AvgIpc) is 2.66. The lowest BCUT2D eigenvalue weighted by atomic mass is 9.81. The van der Waals surface area contributed by atoms with Crippen LogP contribution in [0.4, 0.5) is 10.1 Å². The van der Waals surface area contributed by atoms with Gasteiger partial charge in [-0.3, -0.25) is 0 Å². The van der Waals surface area contributed by atoms with Gasteiger partial charge in [0.1, 0.15) is 5.82 Å². The summed E-state index contributed by atoms with van der Waals surface area (Å²) in [5, 5.41) is 3.80. The standard InChI is InChI=1S/C17H24BrFN2/c1-13-10-14(18)15(19)11-16(13)21-9-5-8-20-17(12-21)6-3-2-4-7-17/h10-11,20H,2-9,12H2,1H3. The van der Waals surface area contributed by atoms with Gasteiger partial charge in [0, 0.05) is 24.3 Å². The first-order valence-corrected chi connectivity index (χ1v) is 8.85. The molecule has 0 aromatic heterocycles. The predicted molar refractivity (Wildman–Crippen MR) is 89.5 cm³/mol. The van der Waals surface area contributed by atoms with Gasteiger partial charge in [0.2, 0.25) is 0 Å². The molecule has 3 rings (SSSR count). The molecule has 2 nitrogen and oxygen atoms in total. The zero-order valence-corrected chi connectivity index (χ0v) is 14.3. The van der Waals surface area contributed by atoms with E-state index < -0.39 is 0 Å². The number of benzene rings is 1. The van der Waals surface area contributed by atoms with Crippen molar-refractivity contribution in [2.24, 2.45) is 0 Å². The number of halogens is 2. The highest BCUT2D eigenvalue weighted by Gasteiger charge is 2.35. The predicted octanol–water partition coefficient (Wildman–Crippen LogP) is 4.40. The minimum atomic E-state index is -0.162. The van der Waals surface area contributed by atoms with Gasteiger partial charge in [0.05, 0.1) is 4.47 Å². The summed E-state index contributed by atoms with van der Waals surface area (Å²) in [6.07, 6.45) is 7.61. The second-order valence-electron chi connectivity index (χ2n) is 6.60. The molecule has 1 aliphatic carbocycles. The molecule has 116 valence electrons. The first-order valence-electron chi connectivity index (χ1n) is 8.05. The highest BCUT2D eigenvalue weighted by molar-refractivity contribution is 9.10. The maximum Gasteiger partial charge on any atom is 0.139 e. The van der Waals surface area contributed by atoms with E-state index in [1.807, 2.05) is 6.07 Å². The van der Waals surface area contributed by atoms with Crippen molar-refractivity contribution < 1.29 is 4.39 Å². The Labute approximate surface area is 135 Å². The Balaban J connectivity index is 1.88. The Kier molecular flexibility index (Phi) is 4.55. The Hall–Kier alpha value is -0.610. The van der Waals surface area contributed by atoms with Crippen LogP contribution < -0.4 is 10.2 Å². The molecule has 0 bridgehead atoms. The van der Waals surface area contributed by atoms with Crippen molar-refractivity contribution in [3.05, 3.63) is 28.0 Å². The third kappa shape index (κ3) is 3.26. The second-order valence-corrected chi connectivity index (χ2v) is 7.45. The molecule has 2 fully saturated rings. The van der Waals surface area contributed by atoms with Crippen LogP contribution in [0.25, 0.3) is 0 Å². The molecule has 1 saturated heterocycles. The van der Waals surface area contributed by atoms with E-state index in [0.29, 0.717) is 4.47 Å². The lowest BCUT2D eigenvalue weighted by molar-refractivity contribution is 0.246. The van der Waals surface area contributed by atoms with Gasteiger partial charge in [-0.15, -0.1) is 0 Å². The third-order valence-corrected chi connectivity index (χ3v) is 5.60. The molecule has 1 aliphatic heterocycles. The van der Waals surface area contributed by atoms with Crippen molar-refractivity contribution in [3.8, 4) is 0 Å². The fourth-order valence-electron chi connectivity index (χ4n) is 3.87. The number of hydrogen-bond donors (Lipinski definition) is 1. The molecular weight excluding hydrogens is 331 g/mol. The van der Waals surface area contributed by atoms with Gasteiger partial charge in [0.15, 0.2) is 0 Å². The Morgan fingerprint density at radius 2 is 1.95 bits per heavy atom. The Bertz CT molecular complexity index is 512. The molecule has 1 spiro atoms. The zero-order valence-electron chi connectivity index (χ0n) is 12.7. The third-order valence-electron chi connectivity index (χ3n) is 4.99. The van der Waals surface area contributed by atoms with Gasteiger partial charge in [-0.05, 0) is 66.4 Å². The van der Waals surface area contributed by atoms with Crippen molar-refractivity contribution in [1.29, 1.82) is 0 Å². The quantitative estimate of drug-likeness (QED) is 0.803. The number of rotatable bonds is 1. The molecule has 1 aromatic rings. The van der Waals surface area contributed by atoms with Crippen LogP contribution in [0.5, 0.6) is 0 Å². The van der Waals surface area contributed by atoms with E-state index in [4.69, 9.17) is 0 Å². The van der Waals surface area contributed by atoms with E-state index in [1.54, 1.807) is 6.07 Å². The summed E-state index contributed by atoms with van der Waals surface area (Å²) < 4.78 is 14.5. The molecule has 1 N–H and O–H groups in total. The number of nitrogens with zero attached hydrogens (tertiary/aromatic N) is 1. The molecule has 4 heteroatoms. The highest BCUT2D eigenvalue weighted by atomic mass is 79.9. The summed E-state index contributed by atoms with van der Waals surface area (Å²) in [5.74, 6) is -0.162. The van der Waals surface area contributed by atoms with Crippen molar-refractivity contribution in [2.75, 3.05) is 24.5 Å². The van der Waals surface area contributed by atoms with Crippen molar-refractivity contribution >= 4 is 21.6 Å². The molecule has 2 aliphatic rings. The number of hydrogen-bond acceptors (Lipinski definition) is 2. The smallest absolute Gasteiger partial charge is 0.139 e. The summed E-state index contributed by atoms with van der Waals surface area (Å²) >= 11 is 3.28. The van der Waals surface area contributed by atoms with Crippen molar-refractivity contribution in [3.63, 3.8) is 0 Å². The number of anilines is 1. The first-order chi connectivity index (χ1) is 10.1. The van der Waals surface area contributed by atoms with E-state index in [2.05, 4.69) is 33.1 Å². The van der Waals surface area contributed by atoms with Crippen LogP contribution >= 0.6 is 15.9 Å². The van der Waals surface area contributed by atoms with Gasteiger partial charge >= 0.3 is 0 Å². The fourth-order valence-corrected chi connectivity index (χ4v) is 4.33. The molecule has 21 heavy (non-hydrogen) atoms. The van der Waals surface area contributed by atoms with E-state index in [9.17, 15) is 4.39 Å². The molecule has 1 saturated carbocycles. The molecule has 0 amide bonds. The van der Waals surface area contributed by atoms with Gasteiger partial charge in [-0.25, -0.2) is 4.39 Å². The molecule has 1 heterocycles. The molecular formula is C17H24BrFN2. The van der Waals surface area contributed by atoms with Crippen molar-refractivity contribution in [1.82, 2.24) is 5.32 Å². The molecule has 0 unspecified atom stereocenters.